The standard InChI is InChI=1S/C14H32N4O2/c1-3-5-11-15-12-9-7-8-10-14-17(13-6-4-2)18(20)16-19/h15,19H,3-14H2,1-2H3. The minimum atomic E-state index is 0.308. The van der Waals surface area contributed by atoms with E-state index in [9.17, 15) is 5.21 Å². The third-order valence-electron chi connectivity index (χ3n) is 3.32. The van der Waals surface area contributed by atoms with Crippen LogP contribution in [-0.2, 0) is 0 Å². The largest absolute Gasteiger partial charge is 0.569 e. The molecular weight excluding hydrogens is 256 g/mol. The van der Waals surface area contributed by atoms with Gasteiger partial charge in [0.15, 0.2) is 0 Å². The molecule has 0 saturated carbocycles. The van der Waals surface area contributed by atoms with E-state index in [0.29, 0.717) is 18.1 Å². The van der Waals surface area contributed by atoms with Crippen LogP contribution >= 0.6 is 0 Å². The fourth-order valence-electron chi connectivity index (χ4n) is 2.00. The highest BCUT2D eigenvalue weighted by atomic mass is 16.6. The summed E-state index contributed by atoms with van der Waals surface area (Å²) in [6.07, 6.45) is 8.89. The fraction of sp³-hybridized carbons (Fsp3) is 1.00. The molecular formula is C14H32N4O2. The summed E-state index contributed by atoms with van der Waals surface area (Å²) in [6.45, 7) is 7.79. The minimum absolute atomic E-state index is 0.308. The predicted octanol–water partition coefficient (Wildman–Crippen LogP) is 3.31. The molecule has 0 fully saturated rings. The molecule has 6 nitrogen and oxygen atoms in total. The number of unbranched alkanes of at least 4 members (excludes halogenated alkanes) is 5. The summed E-state index contributed by atoms with van der Waals surface area (Å²) in [5, 5.41) is 27.5. The Bertz CT molecular complexity index is 237. The molecule has 6 heteroatoms. The molecule has 0 spiro atoms. The number of rotatable bonds is 14. The first kappa shape index (κ1) is 19.0. The molecule has 0 aliphatic heterocycles. The summed E-state index contributed by atoms with van der Waals surface area (Å²) in [7, 11) is 0. The zero-order valence-electron chi connectivity index (χ0n) is 13.2. The molecule has 0 radical (unpaired) electrons. The number of nitrogens with zero attached hydrogens (tertiary/aromatic N) is 3. The van der Waals surface area contributed by atoms with Crippen molar-refractivity contribution in [3.05, 3.63) is 5.21 Å². The van der Waals surface area contributed by atoms with Crippen LogP contribution in [0.5, 0.6) is 0 Å². The number of hydrazine groups is 1. The Morgan fingerprint density at radius 2 is 1.55 bits per heavy atom. The average molecular weight is 288 g/mol. The number of hydrogen-bond donors (Lipinski definition) is 2. The van der Waals surface area contributed by atoms with Crippen LogP contribution in [0, 0.1) is 5.21 Å². The van der Waals surface area contributed by atoms with Crippen molar-refractivity contribution < 1.29 is 10.2 Å². The molecule has 0 amide bonds. The molecule has 0 heterocycles. The molecule has 0 aromatic heterocycles. The average Bonchev–Trinajstić information content (AvgIpc) is 2.47. The summed E-state index contributed by atoms with van der Waals surface area (Å²) < 4.78 is 0. The molecule has 0 aromatic rings. The van der Waals surface area contributed by atoms with Gasteiger partial charge in [0.05, 0.1) is 18.1 Å². The van der Waals surface area contributed by atoms with Gasteiger partial charge < -0.3 is 15.7 Å². The van der Waals surface area contributed by atoms with E-state index in [1.54, 1.807) is 5.01 Å². The highest BCUT2D eigenvalue weighted by Gasteiger charge is 2.11. The van der Waals surface area contributed by atoms with Gasteiger partial charge in [-0.05, 0) is 38.8 Å². The highest BCUT2D eigenvalue weighted by molar-refractivity contribution is 4.51. The van der Waals surface area contributed by atoms with Crippen LogP contribution in [0.25, 0.3) is 0 Å². The van der Waals surface area contributed by atoms with Crippen molar-refractivity contribution in [3.63, 3.8) is 0 Å². The molecule has 0 rings (SSSR count). The Hall–Kier alpha value is -1.04. The molecule has 0 aliphatic carbocycles. The Labute approximate surface area is 123 Å². The Morgan fingerprint density at radius 3 is 2.20 bits per heavy atom. The lowest BCUT2D eigenvalue weighted by atomic mass is 10.2. The van der Waals surface area contributed by atoms with Gasteiger partial charge in [-0.25, -0.2) is 0 Å². The number of nitrogens with one attached hydrogen (secondary N) is 1. The van der Waals surface area contributed by atoms with Crippen LogP contribution in [0.2, 0.25) is 0 Å². The van der Waals surface area contributed by atoms with Gasteiger partial charge in [-0.15, -0.1) is 5.01 Å². The lowest BCUT2D eigenvalue weighted by Crippen LogP contribution is -2.32. The van der Waals surface area contributed by atoms with Gasteiger partial charge >= 0.3 is 0 Å². The van der Waals surface area contributed by atoms with E-state index in [1.807, 2.05) is 0 Å². The van der Waals surface area contributed by atoms with Gasteiger partial charge in [0.2, 0.25) is 5.28 Å². The van der Waals surface area contributed by atoms with Crippen molar-refractivity contribution in [1.82, 2.24) is 10.3 Å². The van der Waals surface area contributed by atoms with Crippen molar-refractivity contribution in [2.24, 2.45) is 5.28 Å². The molecule has 2 N–H and O–H groups in total. The quantitative estimate of drug-likeness (QED) is 0.222. The second-order valence-electron chi connectivity index (χ2n) is 5.17. The van der Waals surface area contributed by atoms with Crippen molar-refractivity contribution in [3.8, 4) is 0 Å². The van der Waals surface area contributed by atoms with Crippen molar-refractivity contribution in [2.45, 2.75) is 65.2 Å². The highest BCUT2D eigenvalue weighted by Crippen LogP contribution is 2.04. The Kier molecular flexibility index (Phi) is 13.6. The van der Waals surface area contributed by atoms with Gasteiger partial charge in [-0.1, -0.05) is 39.5 Å². The second-order valence-corrected chi connectivity index (χ2v) is 5.17. The van der Waals surface area contributed by atoms with Gasteiger partial charge in [0.1, 0.15) is 0 Å². The van der Waals surface area contributed by atoms with Gasteiger partial charge in [0, 0.05) is 0 Å². The summed E-state index contributed by atoms with van der Waals surface area (Å²) in [4.78, 5) is 0.308. The van der Waals surface area contributed by atoms with E-state index >= 15 is 0 Å². The SMILES string of the molecule is CCCCNCCCCCCN(CCCC)[N+]([O-])=NO. The van der Waals surface area contributed by atoms with E-state index in [0.717, 1.165) is 38.8 Å². The molecule has 0 bridgehead atoms. The van der Waals surface area contributed by atoms with Gasteiger partial charge in [-0.3, -0.25) is 0 Å². The number of hydrogen-bond acceptors (Lipinski definition) is 3. The molecule has 0 saturated heterocycles. The van der Waals surface area contributed by atoms with E-state index in [-0.39, 0.29) is 0 Å². The lowest BCUT2D eigenvalue weighted by Gasteiger charge is -2.17. The van der Waals surface area contributed by atoms with E-state index < -0.39 is 0 Å². The molecule has 0 aromatic carbocycles. The maximum atomic E-state index is 11.3. The zero-order chi connectivity index (χ0) is 15.1. The first-order chi connectivity index (χ1) is 9.76. The topological polar surface area (TPSA) is 73.9 Å². The van der Waals surface area contributed by atoms with Crippen LogP contribution < -0.4 is 5.32 Å². The maximum absolute atomic E-state index is 11.3. The first-order valence-corrected chi connectivity index (χ1v) is 8.04. The van der Waals surface area contributed by atoms with E-state index in [1.165, 1.54) is 25.7 Å². The van der Waals surface area contributed by atoms with Crippen LogP contribution in [0.4, 0.5) is 0 Å². The fourth-order valence-corrected chi connectivity index (χ4v) is 2.00. The van der Waals surface area contributed by atoms with Crippen LogP contribution in [-0.4, -0.2) is 41.4 Å². The Balaban J connectivity index is 3.53. The van der Waals surface area contributed by atoms with Crippen molar-refractivity contribution in [2.75, 3.05) is 26.2 Å². The van der Waals surface area contributed by atoms with Crippen LogP contribution in [0.1, 0.15) is 65.2 Å². The summed E-state index contributed by atoms with van der Waals surface area (Å²) >= 11 is 0. The van der Waals surface area contributed by atoms with Crippen LogP contribution in [0.15, 0.2) is 5.28 Å². The summed E-state index contributed by atoms with van der Waals surface area (Å²) in [6, 6.07) is 0. The lowest BCUT2D eigenvalue weighted by molar-refractivity contribution is -0.709. The normalized spacial score (nSPS) is 11.8. The summed E-state index contributed by atoms with van der Waals surface area (Å²) in [5.41, 5.74) is 0. The molecule has 0 unspecified atom stereocenters. The molecule has 0 aliphatic rings. The molecule has 0 atom stereocenters. The third-order valence-corrected chi connectivity index (χ3v) is 3.32. The van der Waals surface area contributed by atoms with Crippen molar-refractivity contribution in [1.29, 1.82) is 0 Å². The van der Waals surface area contributed by atoms with E-state index in [2.05, 4.69) is 24.4 Å². The predicted molar refractivity (Wildman–Crippen MR) is 80.6 cm³/mol. The second kappa shape index (κ2) is 14.4. The van der Waals surface area contributed by atoms with Gasteiger partial charge in [0.25, 0.3) is 0 Å². The third kappa shape index (κ3) is 10.8. The smallest absolute Gasteiger partial charge is 0.230 e. The Morgan fingerprint density at radius 1 is 0.950 bits per heavy atom. The summed E-state index contributed by atoms with van der Waals surface area (Å²) in [5.74, 6) is 0. The minimum Gasteiger partial charge on any atom is -0.569 e. The maximum Gasteiger partial charge on any atom is 0.230 e. The zero-order valence-corrected chi connectivity index (χ0v) is 13.2. The van der Waals surface area contributed by atoms with Crippen LogP contribution in [0.3, 0.4) is 0 Å². The van der Waals surface area contributed by atoms with Crippen molar-refractivity contribution >= 4 is 0 Å². The molecule has 120 valence electrons. The first-order valence-electron chi connectivity index (χ1n) is 8.04. The monoisotopic (exact) mass is 288 g/mol. The van der Waals surface area contributed by atoms with Gasteiger partial charge in [-0.2, -0.15) is 0 Å². The molecule has 20 heavy (non-hydrogen) atoms. The van der Waals surface area contributed by atoms with E-state index in [4.69, 9.17) is 5.21 Å².